The fourth-order valence-corrected chi connectivity index (χ4v) is 2.41. The van der Waals surface area contributed by atoms with Crippen molar-refractivity contribution in [2.45, 2.75) is 18.8 Å². The molecule has 0 saturated heterocycles. The summed E-state index contributed by atoms with van der Waals surface area (Å²) >= 11 is 0. The minimum atomic E-state index is -0.503. The number of fused-ring (bicyclic) bond motifs is 1. The molecule has 0 spiro atoms. The molecule has 1 aromatic rings. The molecule has 0 radical (unpaired) electrons. The normalized spacial score (nSPS) is 16.9. The summed E-state index contributed by atoms with van der Waals surface area (Å²) in [6.45, 7) is 0.408. The van der Waals surface area contributed by atoms with Gasteiger partial charge in [0.25, 0.3) is 0 Å². The monoisotopic (exact) mass is 279 g/mol. The van der Waals surface area contributed by atoms with E-state index in [4.69, 9.17) is 0 Å². The maximum absolute atomic E-state index is 10.9. The van der Waals surface area contributed by atoms with Crippen LogP contribution in [0.4, 0.5) is 4.79 Å². The van der Waals surface area contributed by atoms with E-state index in [1.165, 1.54) is 13.2 Å². The summed E-state index contributed by atoms with van der Waals surface area (Å²) in [7, 11) is 1.29. The van der Waals surface area contributed by atoms with Crippen LogP contribution in [-0.4, -0.2) is 35.1 Å². The third-order valence-electron chi connectivity index (χ3n) is 3.38. The molecule has 6 heteroatoms. The van der Waals surface area contributed by atoms with Gasteiger partial charge in [-0.15, -0.1) is 0 Å². The summed E-state index contributed by atoms with van der Waals surface area (Å²) in [5, 5.41) is 32.1. The first-order valence-corrected chi connectivity index (χ1v) is 6.32. The summed E-state index contributed by atoms with van der Waals surface area (Å²) in [6, 6.07) is 4.89. The maximum atomic E-state index is 10.9. The third kappa shape index (κ3) is 2.49. The van der Waals surface area contributed by atoms with Crippen LogP contribution in [0.1, 0.15) is 29.9 Å². The van der Waals surface area contributed by atoms with Crippen LogP contribution in [0.15, 0.2) is 24.0 Å². The van der Waals surface area contributed by atoms with E-state index >= 15 is 0 Å². The fraction of sp³-hybridized carbons (Fsp3) is 0.357. The number of phenolic OH excluding ortho intramolecular Hbond substituents is 1. The van der Waals surface area contributed by atoms with Crippen molar-refractivity contribution in [3.63, 3.8) is 0 Å². The highest BCUT2D eigenvalue weighted by Crippen LogP contribution is 2.45. The van der Waals surface area contributed by atoms with E-state index in [1.807, 2.05) is 0 Å². The number of carbonyl (C=O) groups excluding carboxylic acids is 1. The molecule has 20 heavy (non-hydrogen) atoms. The van der Waals surface area contributed by atoms with Gasteiger partial charge in [0.2, 0.25) is 0 Å². The molecule has 0 aliphatic heterocycles. The van der Waals surface area contributed by atoms with Gasteiger partial charge in [-0.25, -0.2) is 4.79 Å². The van der Waals surface area contributed by atoms with Gasteiger partial charge in [-0.1, -0.05) is 12.1 Å². The molecule has 6 nitrogen and oxygen atoms in total. The predicted octanol–water partition coefficient (Wildman–Crippen LogP) is 2.41. The molecule has 1 aromatic carbocycles. The van der Waals surface area contributed by atoms with Gasteiger partial charge >= 0.3 is 6.09 Å². The number of aliphatic hydroxyl groups excluding tert-OH is 2. The predicted molar refractivity (Wildman–Crippen MR) is 72.7 cm³/mol. The minimum Gasteiger partial charge on any atom is -0.508 e. The fourth-order valence-electron chi connectivity index (χ4n) is 2.41. The summed E-state index contributed by atoms with van der Waals surface area (Å²) in [6.07, 6.45) is 0.639. The first-order valence-electron chi connectivity index (χ1n) is 6.32. The van der Waals surface area contributed by atoms with Crippen molar-refractivity contribution in [1.29, 1.82) is 0 Å². The van der Waals surface area contributed by atoms with E-state index in [0.29, 0.717) is 24.9 Å². The topological polar surface area (TPSA) is 99.0 Å². The second-order valence-electron chi connectivity index (χ2n) is 4.59. The van der Waals surface area contributed by atoms with Crippen molar-refractivity contribution in [3.05, 3.63) is 35.1 Å². The number of benzene rings is 1. The smallest absolute Gasteiger partial charge is 0.406 e. The number of carbonyl (C=O) groups is 1. The van der Waals surface area contributed by atoms with Crippen LogP contribution >= 0.6 is 0 Å². The van der Waals surface area contributed by atoms with Gasteiger partial charge in [0.15, 0.2) is 5.76 Å². The van der Waals surface area contributed by atoms with Gasteiger partial charge in [0, 0.05) is 12.5 Å². The van der Waals surface area contributed by atoms with Gasteiger partial charge < -0.3 is 25.4 Å². The number of nitrogens with one attached hydrogen (secondary N) is 1. The maximum Gasteiger partial charge on any atom is 0.406 e. The van der Waals surface area contributed by atoms with Crippen LogP contribution in [-0.2, 0) is 4.74 Å². The van der Waals surface area contributed by atoms with E-state index in [2.05, 4.69) is 10.1 Å². The minimum absolute atomic E-state index is 0.0539. The lowest BCUT2D eigenvalue weighted by atomic mass is 9.95. The average molecular weight is 279 g/mol. The Morgan fingerprint density at radius 1 is 1.35 bits per heavy atom. The zero-order valence-corrected chi connectivity index (χ0v) is 11.1. The van der Waals surface area contributed by atoms with Crippen LogP contribution in [0.5, 0.6) is 5.75 Å². The molecule has 0 aromatic heterocycles. The molecule has 0 saturated carbocycles. The first-order chi connectivity index (χ1) is 9.56. The van der Waals surface area contributed by atoms with E-state index in [0.717, 1.165) is 0 Å². The van der Waals surface area contributed by atoms with E-state index < -0.39 is 6.09 Å². The highest BCUT2D eigenvalue weighted by molar-refractivity contribution is 5.75. The zero-order valence-electron chi connectivity index (χ0n) is 11.1. The van der Waals surface area contributed by atoms with E-state index in [1.54, 1.807) is 12.1 Å². The van der Waals surface area contributed by atoms with Gasteiger partial charge in [-0.3, -0.25) is 0 Å². The van der Waals surface area contributed by atoms with Crippen LogP contribution < -0.4 is 5.32 Å². The molecule has 0 fully saturated rings. The Morgan fingerprint density at radius 2 is 2.10 bits per heavy atom. The van der Waals surface area contributed by atoms with E-state index in [9.17, 15) is 20.1 Å². The lowest BCUT2D eigenvalue weighted by Gasteiger charge is -2.12. The lowest BCUT2D eigenvalue weighted by Crippen LogP contribution is -2.24. The number of amides is 1. The molecule has 108 valence electrons. The number of hydrogen-bond acceptors (Lipinski definition) is 5. The summed E-state index contributed by atoms with van der Waals surface area (Å²) in [4.78, 5) is 10.9. The molecule has 1 aliphatic rings. The second-order valence-corrected chi connectivity index (χ2v) is 4.59. The SMILES string of the molecule is COC(=O)NCCCC1C(O)=C(O)c2c(O)cccc21. The number of aromatic hydroxyl groups is 1. The van der Waals surface area contributed by atoms with Gasteiger partial charge in [0.1, 0.15) is 11.5 Å². The number of rotatable bonds is 4. The lowest BCUT2D eigenvalue weighted by molar-refractivity contribution is 0.171. The molecular weight excluding hydrogens is 262 g/mol. The Bertz CT molecular complexity index is 552. The number of hydrogen-bond donors (Lipinski definition) is 4. The second kappa shape index (κ2) is 5.73. The van der Waals surface area contributed by atoms with E-state index in [-0.39, 0.29) is 28.7 Å². The molecular formula is C14H17NO5. The molecule has 0 heterocycles. The summed E-state index contributed by atoms with van der Waals surface area (Å²) in [5.74, 6) is -0.832. The van der Waals surface area contributed by atoms with Crippen LogP contribution in [0, 0.1) is 0 Å². The van der Waals surface area contributed by atoms with Crippen LogP contribution in [0.25, 0.3) is 5.76 Å². The van der Waals surface area contributed by atoms with Crippen molar-refractivity contribution in [1.82, 2.24) is 5.32 Å². The number of alkyl carbamates (subject to hydrolysis) is 1. The zero-order chi connectivity index (χ0) is 14.7. The Labute approximate surface area is 116 Å². The summed E-state index contributed by atoms with van der Waals surface area (Å²) in [5.41, 5.74) is 0.981. The molecule has 1 aliphatic carbocycles. The molecule has 4 N–H and O–H groups in total. The highest BCUT2D eigenvalue weighted by Gasteiger charge is 2.32. The first kappa shape index (κ1) is 14.0. The number of phenols is 1. The Balaban J connectivity index is 2.04. The largest absolute Gasteiger partial charge is 0.508 e. The molecule has 2 rings (SSSR count). The molecule has 1 amide bonds. The van der Waals surface area contributed by atoms with Gasteiger partial charge in [-0.05, 0) is 24.5 Å². The Kier molecular flexibility index (Phi) is 4.02. The van der Waals surface area contributed by atoms with Gasteiger partial charge in [-0.2, -0.15) is 0 Å². The average Bonchev–Trinajstić information content (AvgIpc) is 2.68. The van der Waals surface area contributed by atoms with Crippen molar-refractivity contribution in [3.8, 4) is 5.75 Å². The summed E-state index contributed by atoms with van der Waals surface area (Å²) < 4.78 is 4.45. The van der Waals surface area contributed by atoms with Crippen molar-refractivity contribution >= 4 is 11.9 Å². The molecule has 1 atom stereocenters. The highest BCUT2D eigenvalue weighted by atomic mass is 16.5. The quantitative estimate of drug-likeness (QED) is 0.634. The third-order valence-corrected chi connectivity index (χ3v) is 3.38. The van der Waals surface area contributed by atoms with Crippen molar-refractivity contribution in [2.75, 3.05) is 13.7 Å². The van der Waals surface area contributed by atoms with Crippen LogP contribution in [0.2, 0.25) is 0 Å². The number of allylic oxidation sites excluding steroid dienone is 1. The Hall–Kier alpha value is -2.37. The van der Waals surface area contributed by atoms with Crippen molar-refractivity contribution in [2.24, 2.45) is 0 Å². The molecule has 1 unspecified atom stereocenters. The number of methoxy groups -OCH3 is 1. The molecule has 0 bridgehead atoms. The number of aliphatic hydroxyl groups is 2. The van der Waals surface area contributed by atoms with Crippen LogP contribution in [0.3, 0.4) is 0 Å². The Morgan fingerprint density at radius 3 is 2.80 bits per heavy atom. The van der Waals surface area contributed by atoms with Gasteiger partial charge in [0.05, 0.1) is 12.7 Å². The van der Waals surface area contributed by atoms with Crippen molar-refractivity contribution < 1.29 is 24.9 Å². The number of ether oxygens (including phenoxy) is 1. The standard InChI is InChI=1S/C14H17NO5/c1-20-14(19)15-7-3-5-9-8-4-2-6-10(16)11(8)13(18)12(9)17/h2,4,6,9,16-18H,3,5,7H2,1H3,(H,15,19).